The minimum atomic E-state index is -0.148. The Bertz CT molecular complexity index is 777. The number of rotatable bonds is 1. The maximum atomic E-state index is 11.6. The number of pyridine rings is 2. The van der Waals surface area contributed by atoms with E-state index in [-0.39, 0.29) is 5.56 Å². The van der Waals surface area contributed by atoms with E-state index in [4.69, 9.17) is 11.6 Å². The molecule has 0 N–H and O–H groups in total. The van der Waals surface area contributed by atoms with Crippen molar-refractivity contribution < 1.29 is 0 Å². The third-order valence-corrected chi connectivity index (χ3v) is 3.15. The highest BCUT2D eigenvalue weighted by atomic mass is 35.5. The molecule has 0 aliphatic carbocycles. The van der Waals surface area contributed by atoms with Crippen LogP contribution in [0.3, 0.4) is 0 Å². The number of aryl methyl sites for hydroxylation is 1. The summed E-state index contributed by atoms with van der Waals surface area (Å²) in [5.41, 5.74) is 0.557. The van der Waals surface area contributed by atoms with Crippen molar-refractivity contribution in [3.8, 4) is 5.82 Å². The van der Waals surface area contributed by atoms with Gasteiger partial charge in [0, 0.05) is 30.9 Å². The molecule has 5 nitrogen and oxygen atoms in total. The van der Waals surface area contributed by atoms with Crippen LogP contribution >= 0.6 is 11.6 Å². The molecule has 0 saturated carbocycles. The van der Waals surface area contributed by atoms with Crippen LogP contribution in [0.2, 0.25) is 5.02 Å². The van der Waals surface area contributed by atoms with Crippen LogP contribution in [-0.2, 0) is 7.05 Å². The molecule has 90 valence electrons. The summed E-state index contributed by atoms with van der Waals surface area (Å²) in [7, 11) is 1.69. The Kier molecular flexibility index (Phi) is 2.41. The monoisotopic (exact) mass is 260 g/mol. The fourth-order valence-corrected chi connectivity index (χ4v) is 2.08. The summed E-state index contributed by atoms with van der Waals surface area (Å²) in [6, 6.07) is 3.24. The zero-order chi connectivity index (χ0) is 12.7. The van der Waals surface area contributed by atoms with Gasteiger partial charge in [-0.2, -0.15) is 0 Å². The van der Waals surface area contributed by atoms with Gasteiger partial charge in [0.15, 0.2) is 0 Å². The maximum Gasteiger partial charge on any atom is 0.252 e. The van der Waals surface area contributed by atoms with E-state index in [2.05, 4.69) is 9.97 Å². The molecule has 0 unspecified atom stereocenters. The summed E-state index contributed by atoms with van der Waals surface area (Å²) in [5, 5.41) is 1.22. The fourth-order valence-electron chi connectivity index (χ4n) is 1.83. The predicted molar refractivity (Wildman–Crippen MR) is 69.1 cm³/mol. The van der Waals surface area contributed by atoms with Gasteiger partial charge in [0.05, 0.1) is 16.7 Å². The molecule has 3 aromatic rings. The Balaban J connectivity index is 2.34. The number of hydrogen-bond donors (Lipinski definition) is 0. The molecule has 0 radical (unpaired) electrons. The van der Waals surface area contributed by atoms with E-state index in [1.807, 2.05) is 6.07 Å². The number of hydrogen-bond acceptors (Lipinski definition) is 3. The zero-order valence-electron chi connectivity index (χ0n) is 9.54. The van der Waals surface area contributed by atoms with Crippen LogP contribution in [0, 0.1) is 0 Å². The lowest BCUT2D eigenvalue weighted by molar-refractivity contribution is 0.898. The van der Waals surface area contributed by atoms with Gasteiger partial charge in [0.2, 0.25) is 0 Å². The van der Waals surface area contributed by atoms with Crippen molar-refractivity contribution in [1.29, 1.82) is 0 Å². The third-order valence-electron chi connectivity index (χ3n) is 2.84. The molecule has 6 heteroatoms. The minimum Gasteiger partial charge on any atom is -0.310 e. The second kappa shape index (κ2) is 3.96. The third kappa shape index (κ3) is 1.60. The largest absolute Gasteiger partial charge is 0.310 e. The van der Waals surface area contributed by atoms with Crippen molar-refractivity contribution in [2.45, 2.75) is 0 Å². The fraction of sp³-hybridized carbons (Fsp3) is 0.0833. The maximum absolute atomic E-state index is 11.6. The molecular weight excluding hydrogens is 252 g/mol. The average Bonchev–Trinajstić information content (AvgIpc) is 2.89. The number of halogens is 1. The lowest BCUT2D eigenvalue weighted by Crippen LogP contribution is -2.16. The van der Waals surface area contributed by atoms with Crippen molar-refractivity contribution in [2.24, 2.45) is 7.05 Å². The van der Waals surface area contributed by atoms with Gasteiger partial charge in [-0.3, -0.25) is 9.36 Å². The normalized spacial score (nSPS) is 11.0. The Hall–Kier alpha value is -2.14. The molecule has 3 rings (SSSR count). The first-order chi connectivity index (χ1) is 8.66. The van der Waals surface area contributed by atoms with Gasteiger partial charge in [0.1, 0.15) is 12.1 Å². The Morgan fingerprint density at radius 2 is 2.17 bits per heavy atom. The lowest BCUT2D eigenvalue weighted by Gasteiger charge is -2.08. The molecular formula is C12H9ClN4O. The van der Waals surface area contributed by atoms with Gasteiger partial charge in [-0.1, -0.05) is 11.6 Å². The summed E-state index contributed by atoms with van der Waals surface area (Å²) in [6.07, 6.45) is 6.76. The van der Waals surface area contributed by atoms with Crippen molar-refractivity contribution >= 4 is 22.5 Å². The van der Waals surface area contributed by atoms with Crippen LogP contribution in [0.25, 0.3) is 16.7 Å². The highest BCUT2D eigenvalue weighted by molar-refractivity contribution is 6.35. The van der Waals surface area contributed by atoms with Crippen LogP contribution in [0.4, 0.5) is 0 Å². The Morgan fingerprint density at radius 1 is 1.33 bits per heavy atom. The lowest BCUT2D eigenvalue weighted by atomic mass is 10.2. The van der Waals surface area contributed by atoms with Crippen LogP contribution in [0.1, 0.15) is 0 Å². The van der Waals surface area contributed by atoms with Crippen LogP contribution in [0.5, 0.6) is 0 Å². The van der Waals surface area contributed by atoms with E-state index in [1.54, 1.807) is 36.5 Å². The van der Waals surface area contributed by atoms with Crippen LogP contribution in [0.15, 0.2) is 41.8 Å². The van der Waals surface area contributed by atoms with E-state index in [0.717, 1.165) is 5.39 Å². The number of imidazole rings is 1. The molecule has 3 heterocycles. The summed E-state index contributed by atoms with van der Waals surface area (Å²) in [4.78, 5) is 19.9. The minimum absolute atomic E-state index is 0.148. The van der Waals surface area contributed by atoms with Gasteiger partial charge in [-0.25, -0.2) is 9.97 Å². The van der Waals surface area contributed by atoms with Crippen LogP contribution in [-0.4, -0.2) is 19.1 Å². The van der Waals surface area contributed by atoms with Gasteiger partial charge in [-0.05, 0) is 6.07 Å². The molecule has 0 aliphatic heterocycles. The summed E-state index contributed by atoms with van der Waals surface area (Å²) >= 11 is 6.10. The van der Waals surface area contributed by atoms with E-state index in [0.29, 0.717) is 16.4 Å². The summed E-state index contributed by atoms with van der Waals surface area (Å²) < 4.78 is 3.30. The van der Waals surface area contributed by atoms with Crippen LogP contribution < -0.4 is 5.56 Å². The molecule has 3 aromatic heterocycles. The molecule has 18 heavy (non-hydrogen) atoms. The van der Waals surface area contributed by atoms with E-state index < -0.39 is 0 Å². The Morgan fingerprint density at radius 3 is 2.89 bits per heavy atom. The molecule has 0 aliphatic rings. The van der Waals surface area contributed by atoms with Crippen molar-refractivity contribution in [1.82, 2.24) is 19.1 Å². The standard InChI is InChI=1S/C12H9ClN4O/c1-16-10-6-15-11(17-3-2-14-7-17)4-8(10)9(13)5-12(16)18/h2-7H,1H3. The second-order valence-electron chi connectivity index (χ2n) is 3.92. The predicted octanol–water partition coefficient (Wildman–Crippen LogP) is 1.77. The summed E-state index contributed by atoms with van der Waals surface area (Å²) in [6.45, 7) is 0. The smallest absolute Gasteiger partial charge is 0.252 e. The molecule has 0 spiro atoms. The van der Waals surface area contributed by atoms with Crippen molar-refractivity contribution in [2.75, 3.05) is 0 Å². The number of aromatic nitrogens is 4. The van der Waals surface area contributed by atoms with E-state index >= 15 is 0 Å². The first-order valence-corrected chi connectivity index (χ1v) is 5.68. The highest BCUT2D eigenvalue weighted by Gasteiger charge is 2.07. The molecule has 0 fully saturated rings. The van der Waals surface area contributed by atoms with Gasteiger partial charge >= 0.3 is 0 Å². The van der Waals surface area contributed by atoms with E-state index in [1.165, 1.54) is 10.6 Å². The Labute approximate surface area is 107 Å². The molecule has 0 saturated heterocycles. The molecule has 0 aromatic carbocycles. The highest BCUT2D eigenvalue weighted by Crippen LogP contribution is 2.22. The molecule has 0 amide bonds. The van der Waals surface area contributed by atoms with Crippen molar-refractivity contribution in [3.63, 3.8) is 0 Å². The SMILES string of the molecule is Cn1c(=O)cc(Cl)c2cc(-n3ccnc3)ncc21. The van der Waals surface area contributed by atoms with Crippen molar-refractivity contribution in [3.05, 3.63) is 52.4 Å². The molecule has 0 bridgehead atoms. The average molecular weight is 261 g/mol. The van der Waals surface area contributed by atoms with E-state index in [9.17, 15) is 4.79 Å². The topological polar surface area (TPSA) is 52.7 Å². The van der Waals surface area contributed by atoms with Gasteiger partial charge < -0.3 is 4.57 Å². The quantitative estimate of drug-likeness (QED) is 0.670. The number of nitrogens with zero attached hydrogens (tertiary/aromatic N) is 4. The second-order valence-corrected chi connectivity index (χ2v) is 4.33. The molecule has 0 atom stereocenters. The first-order valence-electron chi connectivity index (χ1n) is 5.30. The summed E-state index contributed by atoms with van der Waals surface area (Å²) in [5.74, 6) is 0.709. The van der Waals surface area contributed by atoms with Gasteiger partial charge in [0.25, 0.3) is 5.56 Å². The van der Waals surface area contributed by atoms with Gasteiger partial charge in [-0.15, -0.1) is 0 Å². The number of fused-ring (bicyclic) bond motifs is 1. The first kappa shape index (κ1) is 11.0. The zero-order valence-corrected chi connectivity index (χ0v) is 10.3.